The highest BCUT2D eigenvalue weighted by Crippen LogP contribution is 2.15. The second-order valence-electron chi connectivity index (χ2n) is 5.15. The number of rotatable bonds is 7. The normalized spacial score (nSPS) is 9.92. The summed E-state index contributed by atoms with van der Waals surface area (Å²) >= 11 is 0. The molecule has 0 radical (unpaired) electrons. The maximum Gasteiger partial charge on any atom is 0.338 e. The number of amides is 1. The van der Waals surface area contributed by atoms with Crippen molar-refractivity contribution in [3.63, 3.8) is 0 Å². The van der Waals surface area contributed by atoms with E-state index in [1.165, 1.54) is 31.4 Å². The van der Waals surface area contributed by atoms with Crippen LogP contribution in [0.2, 0.25) is 0 Å². The van der Waals surface area contributed by atoms with E-state index in [4.69, 9.17) is 9.47 Å². The lowest BCUT2D eigenvalue weighted by Crippen LogP contribution is -2.21. The van der Waals surface area contributed by atoms with Crippen molar-refractivity contribution >= 4 is 23.5 Å². The predicted molar refractivity (Wildman–Crippen MR) is 94.3 cm³/mol. The van der Waals surface area contributed by atoms with E-state index in [1.807, 2.05) is 6.92 Å². The first-order valence-corrected chi connectivity index (χ1v) is 7.91. The Balaban J connectivity index is 1.84. The van der Waals surface area contributed by atoms with E-state index in [-0.39, 0.29) is 5.56 Å². The van der Waals surface area contributed by atoms with Crippen molar-refractivity contribution in [2.24, 2.45) is 0 Å². The van der Waals surface area contributed by atoms with Gasteiger partial charge in [-0.3, -0.25) is 4.79 Å². The molecule has 2 aromatic carbocycles. The van der Waals surface area contributed by atoms with Crippen molar-refractivity contribution in [3.8, 4) is 5.75 Å². The number of methoxy groups -OCH3 is 1. The van der Waals surface area contributed by atoms with Gasteiger partial charge in [0.25, 0.3) is 5.91 Å². The molecule has 7 nitrogen and oxygen atoms in total. The van der Waals surface area contributed by atoms with E-state index in [9.17, 15) is 14.4 Å². The first-order chi connectivity index (χ1) is 12.5. The second-order valence-corrected chi connectivity index (χ2v) is 5.15. The van der Waals surface area contributed by atoms with Gasteiger partial charge in [-0.2, -0.15) is 0 Å². The molecule has 7 heteroatoms. The summed E-state index contributed by atoms with van der Waals surface area (Å²) in [7, 11) is 1.27. The smallest absolute Gasteiger partial charge is 0.338 e. The topological polar surface area (TPSA) is 90.9 Å². The highest BCUT2D eigenvalue weighted by Gasteiger charge is 2.12. The van der Waals surface area contributed by atoms with Gasteiger partial charge >= 0.3 is 11.9 Å². The van der Waals surface area contributed by atoms with E-state index in [0.29, 0.717) is 23.6 Å². The number of carbonyl (C=O) groups excluding carboxylic acids is 3. The zero-order valence-electron chi connectivity index (χ0n) is 14.5. The molecule has 0 aliphatic rings. The summed E-state index contributed by atoms with van der Waals surface area (Å²) in [5, 5.41) is 2.62. The van der Waals surface area contributed by atoms with Crippen LogP contribution in [-0.2, 0) is 14.3 Å². The summed E-state index contributed by atoms with van der Waals surface area (Å²) in [6.45, 7) is 2.01. The minimum atomic E-state index is -0.664. The molecule has 136 valence electrons. The number of anilines is 1. The highest BCUT2D eigenvalue weighted by atomic mass is 16.5. The fourth-order valence-electron chi connectivity index (χ4n) is 2.07. The van der Waals surface area contributed by atoms with Crippen molar-refractivity contribution in [1.82, 2.24) is 0 Å². The average Bonchev–Trinajstić information content (AvgIpc) is 2.67. The third-order valence-corrected chi connectivity index (χ3v) is 3.33. The second kappa shape index (κ2) is 9.22. The number of carbonyl (C=O) groups is 3. The maximum atomic E-state index is 11.9. The predicted octanol–water partition coefficient (Wildman–Crippen LogP) is 2.67. The average molecular weight is 357 g/mol. The highest BCUT2D eigenvalue weighted by molar-refractivity contribution is 5.96. The Labute approximate surface area is 150 Å². The number of nitrogens with one attached hydrogen (secondary N) is 1. The lowest BCUT2D eigenvalue weighted by Gasteiger charge is -2.08. The molecule has 0 bridgehead atoms. The quantitative estimate of drug-likeness (QED) is 0.766. The molecule has 0 spiro atoms. The van der Waals surface area contributed by atoms with E-state index >= 15 is 0 Å². The fourth-order valence-corrected chi connectivity index (χ4v) is 2.07. The zero-order valence-corrected chi connectivity index (χ0v) is 14.5. The van der Waals surface area contributed by atoms with E-state index < -0.39 is 24.5 Å². The minimum absolute atomic E-state index is 0.228. The third kappa shape index (κ3) is 5.34. The first kappa shape index (κ1) is 19.0. The standard InChI is InChI=1S/C19H19NO6/c1-3-25-16-10-8-15(9-11-16)20-17(21)12-26-19(23)14-6-4-13(5-7-14)18(22)24-2/h4-11H,3,12H2,1-2H3,(H,20,21). The van der Waals surface area contributed by atoms with E-state index in [1.54, 1.807) is 24.3 Å². The molecule has 0 aliphatic carbocycles. The van der Waals surface area contributed by atoms with Gasteiger partial charge in [0.05, 0.1) is 24.8 Å². The van der Waals surface area contributed by atoms with Gasteiger partial charge in [-0.25, -0.2) is 9.59 Å². The van der Waals surface area contributed by atoms with Gasteiger partial charge in [-0.1, -0.05) is 0 Å². The first-order valence-electron chi connectivity index (χ1n) is 7.91. The van der Waals surface area contributed by atoms with Crippen molar-refractivity contribution in [2.45, 2.75) is 6.92 Å². The SMILES string of the molecule is CCOc1ccc(NC(=O)COC(=O)c2ccc(C(=O)OC)cc2)cc1. The van der Waals surface area contributed by atoms with Crippen LogP contribution in [0.1, 0.15) is 27.6 Å². The molecule has 2 rings (SSSR count). The molecule has 0 aliphatic heterocycles. The lowest BCUT2D eigenvalue weighted by molar-refractivity contribution is -0.119. The van der Waals surface area contributed by atoms with Crippen LogP contribution in [0.15, 0.2) is 48.5 Å². The molecular weight excluding hydrogens is 338 g/mol. The summed E-state index contributed by atoms with van der Waals surface area (Å²) in [4.78, 5) is 35.1. The number of hydrogen-bond donors (Lipinski definition) is 1. The van der Waals surface area contributed by atoms with Crippen molar-refractivity contribution in [3.05, 3.63) is 59.7 Å². The van der Waals surface area contributed by atoms with Crippen LogP contribution in [0.25, 0.3) is 0 Å². The zero-order chi connectivity index (χ0) is 18.9. The fraction of sp³-hybridized carbons (Fsp3) is 0.211. The molecule has 0 atom stereocenters. The summed E-state index contributed by atoms with van der Waals surface area (Å²) in [5.41, 5.74) is 1.11. The molecule has 0 fully saturated rings. The van der Waals surface area contributed by atoms with Crippen LogP contribution >= 0.6 is 0 Å². The van der Waals surface area contributed by atoms with Crippen LogP contribution in [0.3, 0.4) is 0 Å². The Morgan fingerprint density at radius 2 is 1.46 bits per heavy atom. The van der Waals surface area contributed by atoms with Crippen LogP contribution in [0.5, 0.6) is 5.75 Å². The molecular formula is C19H19NO6. The van der Waals surface area contributed by atoms with Gasteiger partial charge in [0.15, 0.2) is 6.61 Å². The Hall–Kier alpha value is -3.35. The van der Waals surface area contributed by atoms with Crippen molar-refractivity contribution < 1.29 is 28.6 Å². The Bertz CT molecular complexity index is 768. The molecule has 0 heterocycles. The summed E-state index contributed by atoms with van der Waals surface area (Å²) in [6.07, 6.45) is 0. The van der Waals surface area contributed by atoms with Gasteiger partial charge in [0.2, 0.25) is 0 Å². The van der Waals surface area contributed by atoms with Crippen molar-refractivity contribution in [1.29, 1.82) is 0 Å². The monoisotopic (exact) mass is 357 g/mol. The van der Waals surface area contributed by atoms with Crippen LogP contribution in [-0.4, -0.2) is 38.2 Å². The Kier molecular flexibility index (Phi) is 6.73. The number of esters is 2. The molecule has 0 unspecified atom stereocenters. The van der Waals surface area contributed by atoms with Crippen LogP contribution in [0, 0.1) is 0 Å². The molecule has 1 amide bonds. The minimum Gasteiger partial charge on any atom is -0.494 e. The molecule has 26 heavy (non-hydrogen) atoms. The van der Waals surface area contributed by atoms with Crippen LogP contribution < -0.4 is 10.1 Å². The summed E-state index contributed by atoms with van der Waals surface area (Å²) in [6, 6.07) is 12.6. The summed E-state index contributed by atoms with van der Waals surface area (Å²) < 4.78 is 14.8. The number of benzene rings is 2. The van der Waals surface area contributed by atoms with Gasteiger partial charge in [0, 0.05) is 5.69 Å². The molecule has 0 saturated carbocycles. The van der Waals surface area contributed by atoms with E-state index in [2.05, 4.69) is 10.1 Å². The van der Waals surface area contributed by atoms with Gasteiger partial charge in [-0.15, -0.1) is 0 Å². The molecule has 0 aromatic heterocycles. The third-order valence-electron chi connectivity index (χ3n) is 3.33. The van der Waals surface area contributed by atoms with Crippen molar-refractivity contribution in [2.75, 3.05) is 25.6 Å². The molecule has 2 aromatic rings. The Morgan fingerprint density at radius 1 is 0.885 bits per heavy atom. The largest absolute Gasteiger partial charge is 0.494 e. The molecule has 1 N–H and O–H groups in total. The van der Waals surface area contributed by atoms with Crippen LogP contribution in [0.4, 0.5) is 5.69 Å². The molecule has 0 saturated heterocycles. The maximum absolute atomic E-state index is 11.9. The van der Waals surface area contributed by atoms with Gasteiger partial charge < -0.3 is 19.5 Å². The lowest BCUT2D eigenvalue weighted by atomic mass is 10.1. The van der Waals surface area contributed by atoms with Gasteiger partial charge in [0.1, 0.15) is 5.75 Å². The summed E-state index contributed by atoms with van der Waals surface area (Å²) in [5.74, 6) is -0.927. The number of hydrogen-bond acceptors (Lipinski definition) is 6. The van der Waals surface area contributed by atoms with Gasteiger partial charge in [-0.05, 0) is 55.5 Å². The number of ether oxygens (including phenoxy) is 3. The van der Waals surface area contributed by atoms with E-state index in [0.717, 1.165) is 0 Å². The Morgan fingerprint density at radius 3 is 2.00 bits per heavy atom.